The van der Waals surface area contributed by atoms with E-state index < -0.39 is 0 Å². The van der Waals surface area contributed by atoms with Gasteiger partial charge < -0.3 is 19.8 Å². The van der Waals surface area contributed by atoms with Gasteiger partial charge in [0, 0.05) is 12.5 Å². The highest BCUT2D eigenvalue weighted by Crippen LogP contribution is 2.30. The van der Waals surface area contributed by atoms with Crippen LogP contribution in [0.2, 0.25) is 0 Å². The molecule has 84 valence electrons. The van der Waals surface area contributed by atoms with Crippen LogP contribution < -0.4 is 0 Å². The number of phenols is 2. The van der Waals surface area contributed by atoms with E-state index in [9.17, 15) is 5.11 Å². The van der Waals surface area contributed by atoms with Crippen molar-refractivity contribution in [1.82, 2.24) is 10.1 Å². The van der Waals surface area contributed by atoms with E-state index >= 15 is 0 Å². The van der Waals surface area contributed by atoms with Gasteiger partial charge in [0.2, 0.25) is 0 Å². The summed E-state index contributed by atoms with van der Waals surface area (Å²) in [6.07, 6.45) is 0.294. The van der Waals surface area contributed by atoms with Gasteiger partial charge in [-0.15, -0.1) is 0 Å². The fourth-order valence-corrected chi connectivity index (χ4v) is 1.27. The molecule has 6 heteroatoms. The van der Waals surface area contributed by atoms with Crippen LogP contribution >= 0.6 is 0 Å². The Labute approximate surface area is 90.8 Å². The standard InChI is InChI=1S/C10H10N2O4/c13-4-3-9-11-10(16-12-9)7-2-1-6(14)5-8(7)15/h1-2,5,13-15H,3-4H2. The quantitative estimate of drug-likeness (QED) is 0.706. The van der Waals surface area contributed by atoms with E-state index in [0.717, 1.165) is 0 Å². The molecular formula is C10H10N2O4. The maximum atomic E-state index is 9.55. The predicted octanol–water partition coefficient (Wildman–Crippen LogP) is 0.683. The Kier molecular flexibility index (Phi) is 2.74. The van der Waals surface area contributed by atoms with Gasteiger partial charge in [-0.3, -0.25) is 0 Å². The monoisotopic (exact) mass is 222 g/mol. The Morgan fingerprint density at radius 3 is 2.75 bits per heavy atom. The lowest BCUT2D eigenvalue weighted by atomic mass is 10.2. The van der Waals surface area contributed by atoms with E-state index in [0.29, 0.717) is 17.8 Å². The first-order valence-corrected chi connectivity index (χ1v) is 4.66. The van der Waals surface area contributed by atoms with Gasteiger partial charge in [-0.05, 0) is 12.1 Å². The summed E-state index contributed by atoms with van der Waals surface area (Å²) < 4.78 is 4.91. The van der Waals surface area contributed by atoms with Crippen LogP contribution in [0.4, 0.5) is 0 Å². The van der Waals surface area contributed by atoms with Crippen molar-refractivity contribution in [3.63, 3.8) is 0 Å². The fraction of sp³-hybridized carbons (Fsp3) is 0.200. The first-order valence-electron chi connectivity index (χ1n) is 4.66. The molecule has 0 unspecified atom stereocenters. The highest BCUT2D eigenvalue weighted by molar-refractivity contribution is 5.63. The smallest absolute Gasteiger partial charge is 0.261 e. The molecule has 0 saturated carbocycles. The summed E-state index contributed by atoms with van der Waals surface area (Å²) >= 11 is 0. The third-order valence-corrected chi connectivity index (χ3v) is 2.02. The van der Waals surface area contributed by atoms with Crippen molar-refractivity contribution >= 4 is 0 Å². The van der Waals surface area contributed by atoms with Crippen LogP contribution in [0, 0.1) is 0 Å². The number of aliphatic hydroxyl groups excluding tert-OH is 1. The van der Waals surface area contributed by atoms with Crippen LogP contribution in [0.5, 0.6) is 11.5 Å². The van der Waals surface area contributed by atoms with Gasteiger partial charge in [-0.25, -0.2) is 0 Å². The molecule has 0 atom stereocenters. The maximum absolute atomic E-state index is 9.55. The molecular weight excluding hydrogens is 212 g/mol. The number of aromatic hydroxyl groups is 2. The fourth-order valence-electron chi connectivity index (χ4n) is 1.27. The van der Waals surface area contributed by atoms with Crippen molar-refractivity contribution in [2.24, 2.45) is 0 Å². The Morgan fingerprint density at radius 2 is 2.06 bits per heavy atom. The van der Waals surface area contributed by atoms with Crippen molar-refractivity contribution in [1.29, 1.82) is 0 Å². The lowest BCUT2D eigenvalue weighted by molar-refractivity contribution is 0.293. The largest absolute Gasteiger partial charge is 0.508 e. The van der Waals surface area contributed by atoms with Gasteiger partial charge in [0.15, 0.2) is 5.82 Å². The van der Waals surface area contributed by atoms with Crippen LogP contribution in [-0.2, 0) is 6.42 Å². The van der Waals surface area contributed by atoms with E-state index in [1.54, 1.807) is 0 Å². The van der Waals surface area contributed by atoms with Crippen molar-refractivity contribution in [2.45, 2.75) is 6.42 Å². The SMILES string of the molecule is OCCc1noc(-c2ccc(O)cc2O)n1. The molecule has 0 aliphatic rings. The predicted molar refractivity (Wildman–Crippen MR) is 53.9 cm³/mol. The zero-order chi connectivity index (χ0) is 11.5. The summed E-state index contributed by atoms with van der Waals surface area (Å²) in [5.74, 6) is 0.335. The summed E-state index contributed by atoms with van der Waals surface area (Å²) in [5.41, 5.74) is 0.342. The van der Waals surface area contributed by atoms with Crippen LogP contribution in [0.1, 0.15) is 5.82 Å². The van der Waals surface area contributed by atoms with Crippen molar-refractivity contribution < 1.29 is 19.8 Å². The highest BCUT2D eigenvalue weighted by atomic mass is 16.5. The van der Waals surface area contributed by atoms with E-state index in [1.165, 1.54) is 18.2 Å². The summed E-state index contributed by atoms with van der Waals surface area (Å²) in [6.45, 7) is -0.0689. The topological polar surface area (TPSA) is 99.6 Å². The molecule has 0 aliphatic carbocycles. The summed E-state index contributed by atoms with van der Waals surface area (Å²) in [4.78, 5) is 3.98. The lowest BCUT2D eigenvalue weighted by Crippen LogP contribution is -1.92. The van der Waals surface area contributed by atoms with E-state index in [-0.39, 0.29) is 24.0 Å². The highest BCUT2D eigenvalue weighted by Gasteiger charge is 2.12. The number of aliphatic hydroxyl groups is 1. The van der Waals surface area contributed by atoms with Crippen LogP contribution in [0.15, 0.2) is 22.7 Å². The van der Waals surface area contributed by atoms with Gasteiger partial charge >= 0.3 is 0 Å². The van der Waals surface area contributed by atoms with Gasteiger partial charge in [0.1, 0.15) is 11.5 Å². The van der Waals surface area contributed by atoms with Crippen LogP contribution in [0.3, 0.4) is 0 Å². The molecule has 1 aromatic carbocycles. The van der Waals surface area contributed by atoms with Crippen LogP contribution in [-0.4, -0.2) is 32.1 Å². The first kappa shape index (κ1) is 10.4. The number of aromatic nitrogens is 2. The number of phenolic OH excluding ortho intramolecular Hbond substituents is 2. The van der Waals surface area contributed by atoms with Crippen molar-refractivity contribution in [3.05, 3.63) is 24.0 Å². The molecule has 6 nitrogen and oxygen atoms in total. The zero-order valence-electron chi connectivity index (χ0n) is 8.29. The van der Waals surface area contributed by atoms with E-state index in [4.69, 9.17) is 14.7 Å². The molecule has 16 heavy (non-hydrogen) atoms. The molecule has 0 bridgehead atoms. The Morgan fingerprint density at radius 1 is 1.25 bits per heavy atom. The van der Waals surface area contributed by atoms with Crippen LogP contribution in [0.25, 0.3) is 11.5 Å². The molecule has 0 saturated heterocycles. The molecule has 0 amide bonds. The molecule has 2 rings (SSSR count). The molecule has 1 heterocycles. The maximum Gasteiger partial charge on any atom is 0.261 e. The third kappa shape index (κ3) is 1.96. The van der Waals surface area contributed by atoms with E-state index in [1.807, 2.05) is 0 Å². The Bertz CT molecular complexity index is 495. The Balaban J connectivity index is 2.35. The second kappa shape index (κ2) is 4.19. The van der Waals surface area contributed by atoms with Gasteiger partial charge in [0.05, 0.1) is 12.2 Å². The van der Waals surface area contributed by atoms with Crippen molar-refractivity contribution in [2.75, 3.05) is 6.61 Å². The van der Waals surface area contributed by atoms with E-state index in [2.05, 4.69) is 10.1 Å². The molecule has 0 aliphatic heterocycles. The minimum Gasteiger partial charge on any atom is -0.508 e. The second-order valence-corrected chi connectivity index (χ2v) is 3.19. The number of rotatable bonds is 3. The zero-order valence-corrected chi connectivity index (χ0v) is 8.29. The summed E-state index contributed by atoms with van der Waals surface area (Å²) in [7, 11) is 0. The average molecular weight is 222 g/mol. The van der Waals surface area contributed by atoms with Gasteiger partial charge in [-0.1, -0.05) is 5.16 Å². The lowest BCUT2D eigenvalue weighted by Gasteiger charge is -1.98. The summed E-state index contributed by atoms with van der Waals surface area (Å²) in [5, 5.41) is 31.0. The number of hydrogen-bond acceptors (Lipinski definition) is 6. The van der Waals surface area contributed by atoms with Gasteiger partial charge in [-0.2, -0.15) is 4.98 Å². The molecule has 2 aromatic rings. The molecule has 0 fully saturated rings. The van der Waals surface area contributed by atoms with Gasteiger partial charge in [0.25, 0.3) is 5.89 Å². The molecule has 1 aromatic heterocycles. The molecule has 0 radical (unpaired) electrons. The number of nitrogens with zero attached hydrogens (tertiary/aromatic N) is 2. The first-order chi connectivity index (χ1) is 7.70. The average Bonchev–Trinajstić information content (AvgIpc) is 2.67. The minimum atomic E-state index is -0.140. The summed E-state index contributed by atoms with van der Waals surface area (Å²) in [6, 6.07) is 4.07. The normalized spacial score (nSPS) is 10.6. The number of benzene rings is 1. The minimum absolute atomic E-state index is 0.0450. The molecule has 0 spiro atoms. The number of hydrogen-bond donors (Lipinski definition) is 3. The van der Waals surface area contributed by atoms with Crippen molar-refractivity contribution in [3.8, 4) is 23.0 Å². The molecule has 3 N–H and O–H groups in total. The Hall–Kier alpha value is -2.08. The third-order valence-electron chi connectivity index (χ3n) is 2.02. The second-order valence-electron chi connectivity index (χ2n) is 3.19.